The number of aromatic nitrogens is 1. The molecule has 0 atom stereocenters. The predicted molar refractivity (Wildman–Crippen MR) is 97.4 cm³/mol. The molecule has 1 heterocycles. The zero-order valence-corrected chi connectivity index (χ0v) is 15.3. The molecule has 21 heavy (non-hydrogen) atoms. The molecule has 0 bridgehead atoms. The Morgan fingerprint density at radius 1 is 0.952 bits per heavy atom. The highest BCUT2D eigenvalue weighted by Crippen LogP contribution is 2.44. The van der Waals surface area contributed by atoms with Crippen LogP contribution in [0.15, 0.2) is 34.2 Å². The normalized spacial score (nSPS) is 12.9. The number of nitrogens with two attached hydrogens (primary N) is 1. The fourth-order valence-electron chi connectivity index (χ4n) is 2.04. The van der Waals surface area contributed by atoms with Crippen LogP contribution in [-0.4, -0.2) is 14.5 Å². The van der Waals surface area contributed by atoms with Gasteiger partial charge in [0.2, 0.25) is 0 Å². The van der Waals surface area contributed by atoms with Crippen molar-refractivity contribution >= 4 is 40.1 Å². The van der Waals surface area contributed by atoms with Crippen molar-refractivity contribution in [2.24, 2.45) is 0 Å². The van der Waals surface area contributed by atoms with Gasteiger partial charge in [0.1, 0.15) is 0 Å². The summed E-state index contributed by atoms with van der Waals surface area (Å²) >= 11 is 3.67. The number of nitrogens with zero attached hydrogens (tertiary/aromatic N) is 1. The number of thioether (sulfide) groups is 2. The molecule has 0 saturated carbocycles. The summed E-state index contributed by atoms with van der Waals surface area (Å²) in [7, 11) is 0. The summed E-state index contributed by atoms with van der Waals surface area (Å²) in [5.41, 5.74) is 8.08. The highest BCUT2D eigenvalue weighted by atomic mass is 32.2. The zero-order valence-electron chi connectivity index (χ0n) is 13.7. The second kappa shape index (κ2) is 5.73. The van der Waals surface area contributed by atoms with E-state index in [2.05, 4.69) is 58.7 Å². The maximum Gasteiger partial charge on any atom is 0.0953 e. The molecule has 2 N–H and O–H groups in total. The molecule has 2 rings (SSSR count). The summed E-state index contributed by atoms with van der Waals surface area (Å²) in [5.74, 6) is 0. The number of anilines is 1. The second-order valence-corrected chi connectivity index (χ2v) is 10.9. The molecule has 114 valence electrons. The van der Waals surface area contributed by atoms with Gasteiger partial charge in [-0.25, -0.2) is 0 Å². The smallest absolute Gasteiger partial charge is 0.0953 e. The van der Waals surface area contributed by atoms with Gasteiger partial charge in [0.05, 0.1) is 11.2 Å². The minimum Gasteiger partial charge on any atom is -0.396 e. The Labute approximate surface area is 136 Å². The van der Waals surface area contributed by atoms with Crippen molar-refractivity contribution in [3.8, 4) is 0 Å². The fraction of sp³-hybridized carbons (Fsp3) is 0.471. The minimum absolute atomic E-state index is 0.125. The molecule has 0 radical (unpaired) electrons. The van der Waals surface area contributed by atoms with Gasteiger partial charge < -0.3 is 5.73 Å². The minimum atomic E-state index is 0.125. The molecular weight excluding hydrogens is 296 g/mol. The van der Waals surface area contributed by atoms with Gasteiger partial charge in [0.25, 0.3) is 0 Å². The molecule has 0 amide bonds. The first kappa shape index (κ1) is 16.5. The molecular formula is C17H24N2S2. The lowest BCUT2D eigenvalue weighted by atomic mass is 10.2. The van der Waals surface area contributed by atoms with E-state index in [0.717, 1.165) is 21.5 Å². The SMILES string of the molecule is CC(C)(C)Sc1cc(SC(C)(C)C)c2cccnc2c1N. The van der Waals surface area contributed by atoms with Gasteiger partial charge in [-0.15, -0.1) is 23.5 Å². The highest BCUT2D eigenvalue weighted by Gasteiger charge is 2.20. The van der Waals surface area contributed by atoms with Crippen LogP contribution in [0.5, 0.6) is 0 Å². The largest absolute Gasteiger partial charge is 0.396 e. The summed E-state index contributed by atoms with van der Waals surface area (Å²) in [4.78, 5) is 6.89. The molecule has 4 heteroatoms. The topological polar surface area (TPSA) is 38.9 Å². The maximum absolute atomic E-state index is 6.37. The lowest BCUT2D eigenvalue weighted by Crippen LogP contribution is -2.09. The van der Waals surface area contributed by atoms with Crippen LogP contribution in [0.2, 0.25) is 0 Å². The van der Waals surface area contributed by atoms with Crippen molar-refractivity contribution in [3.05, 3.63) is 24.4 Å². The second-order valence-electron chi connectivity index (χ2n) is 7.11. The van der Waals surface area contributed by atoms with E-state index in [-0.39, 0.29) is 9.49 Å². The van der Waals surface area contributed by atoms with E-state index in [1.165, 1.54) is 4.90 Å². The van der Waals surface area contributed by atoms with Crippen LogP contribution in [0, 0.1) is 0 Å². The first-order valence-corrected chi connectivity index (χ1v) is 8.75. The summed E-state index contributed by atoms with van der Waals surface area (Å²) in [6.07, 6.45) is 1.82. The van der Waals surface area contributed by atoms with Crippen LogP contribution < -0.4 is 5.73 Å². The third-order valence-electron chi connectivity index (χ3n) is 2.69. The summed E-state index contributed by atoms with van der Waals surface area (Å²) in [6, 6.07) is 6.31. The Kier molecular flexibility index (Phi) is 4.50. The summed E-state index contributed by atoms with van der Waals surface area (Å²) < 4.78 is 0.281. The predicted octanol–water partition coefficient (Wildman–Crippen LogP) is 5.60. The van der Waals surface area contributed by atoms with Crippen LogP contribution in [0.4, 0.5) is 5.69 Å². The van der Waals surface area contributed by atoms with Gasteiger partial charge in [-0.05, 0) is 12.1 Å². The van der Waals surface area contributed by atoms with Gasteiger partial charge in [0.15, 0.2) is 0 Å². The number of fused-ring (bicyclic) bond motifs is 1. The van der Waals surface area contributed by atoms with Crippen LogP contribution >= 0.6 is 23.5 Å². The van der Waals surface area contributed by atoms with Gasteiger partial charge in [-0.2, -0.15) is 0 Å². The van der Waals surface area contributed by atoms with Crippen LogP contribution in [-0.2, 0) is 0 Å². The molecule has 0 saturated heterocycles. The quantitative estimate of drug-likeness (QED) is 0.577. The molecule has 0 aliphatic heterocycles. The van der Waals surface area contributed by atoms with Crippen molar-refractivity contribution in [2.45, 2.75) is 60.8 Å². The molecule has 0 unspecified atom stereocenters. The van der Waals surface area contributed by atoms with E-state index < -0.39 is 0 Å². The van der Waals surface area contributed by atoms with Gasteiger partial charge >= 0.3 is 0 Å². The summed E-state index contributed by atoms with van der Waals surface area (Å²) in [6.45, 7) is 13.3. The van der Waals surface area contributed by atoms with Gasteiger partial charge in [-0.1, -0.05) is 47.6 Å². The Bertz CT molecular complexity index is 652. The molecule has 0 aliphatic rings. The highest BCUT2D eigenvalue weighted by molar-refractivity contribution is 8.01. The van der Waals surface area contributed by atoms with Crippen molar-refractivity contribution in [2.75, 3.05) is 5.73 Å². The number of rotatable bonds is 2. The van der Waals surface area contributed by atoms with Crippen molar-refractivity contribution in [1.82, 2.24) is 4.98 Å². The monoisotopic (exact) mass is 320 g/mol. The van der Waals surface area contributed by atoms with E-state index in [4.69, 9.17) is 5.73 Å². The lowest BCUT2D eigenvalue weighted by Gasteiger charge is -2.23. The van der Waals surface area contributed by atoms with E-state index in [0.29, 0.717) is 0 Å². The number of pyridine rings is 1. The van der Waals surface area contributed by atoms with Crippen LogP contribution in [0.1, 0.15) is 41.5 Å². The molecule has 0 fully saturated rings. The number of nitrogen functional groups attached to an aromatic ring is 1. The molecule has 1 aromatic carbocycles. The van der Waals surface area contributed by atoms with Crippen molar-refractivity contribution in [3.63, 3.8) is 0 Å². The third-order valence-corrected chi connectivity index (χ3v) is 5.03. The number of hydrogen-bond acceptors (Lipinski definition) is 4. The average molecular weight is 321 g/mol. The Morgan fingerprint density at radius 3 is 2.10 bits per heavy atom. The fourth-order valence-corrected chi connectivity index (χ4v) is 4.27. The number of hydrogen-bond donors (Lipinski definition) is 1. The molecule has 2 nitrogen and oxygen atoms in total. The Balaban J connectivity index is 2.63. The van der Waals surface area contributed by atoms with Gasteiger partial charge in [-0.3, -0.25) is 4.98 Å². The zero-order chi connectivity index (χ0) is 15.8. The summed E-state index contributed by atoms with van der Waals surface area (Å²) in [5, 5.41) is 1.15. The van der Waals surface area contributed by atoms with Crippen molar-refractivity contribution in [1.29, 1.82) is 0 Å². The molecule has 0 spiro atoms. The molecule has 2 aromatic rings. The van der Waals surface area contributed by atoms with E-state index in [9.17, 15) is 0 Å². The standard InChI is InChI=1S/C17H24N2S2/c1-16(2,3)20-12-10-13(21-17(4,5)6)14(18)15-11(12)8-7-9-19-15/h7-10H,18H2,1-6H3. The average Bonchev–Trinajstić information content (AvgIpc) is 2.32. The van der Waals surface area contributed by atoms with Crippen molar-refractivity contribution < 1.29 is 0 Å². The van der Waals surface area contributed by atoms with Crippen LogP contribution in [0.3, 0.4) is 0 Å². The van der Waals surface area contributed by atoms with E-state index >= 15 is 0 Å². The third kappa shape index (κ3) is 4.30. The number of benzene rings is 1. The first-order chi connectivity index (χ1) is 9.57. The van der Waals surface area contributed by atoms with E-state index in [1.54, 1.807) is 11.8 Å². The van der Waals surface area contributed by atoms with Gasteiger partial charge in [0, 0.05) is 30.9 Å². The molecule has 0 aliphatic carbocycles. The van der Waals surface area contributed by atoms with E-state index in [1.807, 2.05) is 24.0 Å². The van der Waals surface area contributed by atoms with Crippen LogP contribution in [0.25, 0.3) is 10.9 Å². The lowest BCUT2D eigenvalue weighted by molar-refractivity contribution is 0.801. The Morgan fingerprint density at radius 2 is 1.52 bits per heavy atom. The molecule has 1 aromatic heterocycles. The first-order valence-electron chi connectivity index (χ1n) is 7.12. The maximum atomic E-state index is 6.37. The Hall–Kier alpha value is -0.870.